The average molecular weight is 671 g/mol. The Balaban J connectivity index is 1.32. The summed E-state index contributed by atoms with van der Waals surface area (Å²) in [6, 6.07) is 14.2. The van der Waals surface area contributed by atoms with E-state index in [-0.39, 0.29) is 65.0 Å². The Labute approximate surface area is 272 Å². The summed E-state index contributed by atoms with van der Waals surface area (Å²) >= 11 is 13.5. The van der Waals surface area contributed by atoms with E-state index in [1.54, 1.807) is 47.1 Å². The van der Waals surface area contributed by atoms with Crippen LogP contribution in [0.4, 0.5) is 15.8 Å². The fourth-order valence-electron chi connectivity index (χ4n) is 5.08. The molecule has 0 bridgehead atoms. The van der Waals surface area contributed by atoms with E-state index < -0.39 is 23.7 Å². The number of amides is 2. The highest BCUT2D eigenvalue weighted by Crippen LogP contribution is 2.40. The number of rotatable bonds is 12. The first-order chi connectivity index (χ1) is 22.2. The van der Waals surface area contributed by atoms with Crippen molar-refractivity contribution in [3.8, 4) is 11.1 Å². The van der Waals surface area contributed by atoms with Gasteiger partial charge in [-0.15, -0.1) is 0 Å². The molecule has 1 unspecified atom stereocenters. The highest BCUT2D eigenvalue weighted by atomic mass is 35.5. The second kappa shape index (κ2) is 14.8. The molecule has 15 heteroatoms. The molecule has 2 aromatic heterocycles. The number of nitrogens with zero attached hydrogens (tertiary/aromatic N) is 3. The third kappa shape index (κ3) is 7.52. The van der Waals surface area contributed by atoms with Crippen molar-refractivity contribution in [2.24, 2.45) is 0 Å². The van der Waals surface area contributed by atoms with Crippen LogP contribution in [0.3, 0.4) is 0 Å². The first-order valence-corrected chi connectivity index (χ1v) is 15.1. The number of hydrogen-bond acceptors (Lipinski definition) is 8. The number of carboxylic acid groups (broad SMARTS) is 1. The fraction of sp³-hybridized carbons (Fsp3) is 0.258. The van der Waals surface area contributed by atoms with Crippen LogP contribution in [0.1, 0.15) is 51.1 Å². The minimum absolute atomic E-state index is 0.0935. The lowest BCUT2D eigenvalue weighted by molar-refractivity contribution is -0.136. The summed E-state index contributed by atoms with van der Waals surface area (Å²) in [6.07, 6.45) is 1.50. The molecule has 0 fully saturated rings. The normalized spacial score (nSPS) is 14.0. The number of aliphatic hydroxyl groups is 1. The van der Waals surface area contributed by atoms with Crippen LogP contribution in [0.5, 0.6) is 0 Å². The summed E-state index contributed by atoms with van der Waals surface area (Å²) < 4.78 is 16.2. The molecule has 5 rings (SSSR count). The van der Waals surface area contributed by atoms with Crippen LogP contribution in [0, 0.1) is 5.95 Å². The van der Waals surface area contributed by atoms with Gasteiger partial charge in [-0.05, 0) is 37.1 Å². The Bertz CT molecular complexity index is 1780. The van der Waals surface area contributed by atoms with Crippen molar-refractivity contribution in [1.82, 2.24) is 25.4 Å². The Kier molecular flexibility index (Phi) is 10.6. The number of carbonyl (C=O) groups excluding carboxylic acids is 2. The molecule has 6 N–H and O–H groups in total. The van der Waals surface area contributed by atoms with E-state index in [9.17, 15) is 18.8 Å². The number of fused-ring (bicyclic) bond motifs is 1. The molecular formula is C31H30Cl2FN7O5. The predicted molar refractivity (Wildman–Crippen MR) is 171 cm³/mol. The molecule has 0 saturated carbocycles. The number of aromatic nitrogens is 3. The number of aryl methyl sites for hydroxylation is 1. The smallest absolute Gasteiger partial charge is 0.317 e. The number of aliphatic carboxylic acids is 1. The molecule has 1 atom stereocenters. The molecule has 2 aromatic carbocycles. The topological polar surface area (TPSA) is 170 Å². The summed E-state index contributed by atoms with van der Waals surface area (Å²) in [5, 5.41) is 33.9. The van der Waals surface area contributed by atoms with Crippen LogP contribution in [-0.2, 0) is 17.9 Å². The summed E-state index contributed by atoms with van der Waals surface area (Å²) in [4.78, 5) is 40.9. The molecule has 0 aliphatic carbocycles. The lowest BCUT2D eigenvalue weighted by atomic mass is 10.0. The third-order valence-electron chi connectivity index (χ3n) is 7.31. The molecule has 0 saturated heterocycles. The van der Waals surface area contributed by atoms with Gasteiger partial charge in [-0.2, -0.15) is 9.49 Å². The van der Waals surface area contributed by atoms with Crippen LogP contribution < -0.4 is 21.3 Å². The number of carbonyl (C=O) groups is 3. The van der Waals surface area contributed by atoms with Gasteiger partial charge in [-0.3, -0.25) is 24.4 Å². The molecule has 0 spiro atoms. The molecule has 3 heterocycles. The van der Waals surface area contributed by atoms with Crippen molar-refractivity contribution in [3.05, 3.63) is 93.2 Å². The Morgan fingerprint density at radius 3 is 2.22 bits per heavy atom. The van der Waals surface area contributed by atoms with E-state index in [4.69, 9.17) is 33.4 Å². The van der Waals surface area contributed by atoms with Crippen molar-refractivity contribution in [1.29, 1.82) is 0 Å². The minimum atomic E-state index is -0.973. The van der Waals surface area contributed by atoms with E-state index in [0.29, 0.717) is 23.4 Å². The molecule has 4 aromatic rings. The number of pyridine rings is 1. The lowest BCUT2D eigenvalue weighted by Gasteiger charge is -2.23. The second-order valence-corrected chi connectivity index (χ2v) is 11.2. The SMILES string of the molecule is O=C(O)CNC1CCCn2nc(C(=O)Nc3cccc(-c4cccc(NC(=O)c5ccc(CNCCO)c(F)n5)c4Cl)c3Cl)cc21. The van der Waals surface area contributed by atoms with Gasteiger partial charge in [0.2, 0.25) is 5.95 Å². The molecule has 1 aliphatic heterocycles. The minimum Gasteiger partial charge on any atom is -0.480 e. The largest absolute Gasteiger partial charge is 0.480 e. The van der Waals surface area contributed by atoms with Gasteiger partial charge in [0.25, 0.3) is 11.8 Å². The molecule has 12 nitrogen and oxygen atoms in total. The maximum absolute atomic E-state index is 14.5. The monoisotopic (exact) mass is 669 g/mol. The first kappa shape index (κ1) is 33.0. The zero-order valence-corrected chi connectivity index (χ0v) is 25.8. The van der Waals surface area contributed by atoms with Crippen molar-refractivity contribution in [2.45, 2.75) is 32.0 Å². The third-order valence-corrected chi connectivity index (χ3v) is 8.12. The quantitative estimate of drug-likeness (QED) is 0.0940. The van der Waals surface area contributed by atoms with Crippen LogP contribution in [-0.4, -0.2) is 62.5 Å². The first-order valence-electron chi connectivity index (χ1n) is 14.4. The number of carboxylic acids is 1. The summed E-state index contributed by atoms with van der Waals surface area (Å²) in [7, 11) is 0. The molecule has 46 heavy (non-hydrogen) atoms. The Hall–Kier alpha value is -4.40. The Morgan fingerprint density at radius 1 is 0.957 bits per heavy atom. The maximum Gasteiger partial charge on any atom is 0.317 e. The van der Waals surface area contributed by atoms with Crippen LogP contribution in [0.25, 0.3) is 11.1 Å². The van der Waals surface area contributed by atoms with Gasteiger partial charge in [0.15, 0.2) is 5.69 Å². The zero-order valence-electron chi connectivity index (χ0n) is 24.3. The van der Waals surface area contributed by atoms with Crippen molar-refractivity contribution >= 4 is 52.4 Å². The van der Waals surface area contributed by atoms with E-state index in [0.717, 1.165) is 18.5 Å². The number of anilines is 2. The van der Waals surface area contributed by atoms with E-state index in [1.807, 2.05) is 0 Å². The van der Waals surface area contributed by atoms with Gasteiger partial charge < -0.3 is 26.2 Å². The van der Waals surface area contributed by atoms with Crippen LogP contribution >= 0.6 is 23.2 Å². The second-order valence-electron chi connectivity index (χ2n) is 10.4. The standard InChI is InChI=1S/C31H30Cl2FN7O5/c32-27-18(4-1-6-21(27)38-30(45)23-10-9-17(29(34)37-23)15-35-11-13-42)19-5-2-7-22(28(19)33)39-31(46)24-14-25-20(36-16-26(43)44)8-3-12-41(25)40-24/h1-2,4-7,9-10,14,20,35-36,42H,3,8,11-13,15-16H2,(H,38,45)(H,39,46)(H,43,44). The van der Waals surface area contributed by atoms with Gasteiger partial charge in [0.1, 0.15) is 5.69 Å². The van der Waals surface area contributed by atoms with E-state index in [2.05, 4.69) is 31.3 Å². The molecule has 0 radical (unpaired) electrons. The van der Waals surface area contributed by atoms with Crippen molar-refractivity contribution < 1.29 is 29.0 Å². The van der Waals surface area contributed by atoms with Crippen molar-refractivity contribution in [3.63, 3.8) is 0 Å². The van der Waals surface area contributed by atoms with Gasteiger partial charge in [-0.1, -0.05) is 53.5 Å². The van der Waals surface area contributed by atoms with Gasteiger partial charge in [0, 0.05) is 42.4 Å². The summed E-state index contributed by atoms with van der Waals surface area (Å²) in [5.74, 6) is -2.96. The van der Waals surface area contributed by atoms with Crippen LogP contribution in [0.2, 0.25) is 10.0 Å². The number of benzene rings is 2. The average Bonchev–Trinajstić information content (AvgIpc) is 3.48. The number of hydrogen-bond donors (Lipinski definition) is 6. The van der Waals surface area contributed by atoms with E-state index in [1.165, 1.54) is 12.1 Å². The lowest BCUT2D eigenvalue weighted by Crippen LogP contribution is -2.31. The number of nitrogens with one attached hydrogen (secondary N) is 4. The number of aliphatic hydroxyl groups excluding tert-OH is 1. The van der Waals surface area contributed by atoms with Gasteiger partial charge in [-0.25, -0.2) is 4.98 Å². The fourth-order valence-corrected chi connectivity index (χ4v) is 5.63. The van der Waals surface area contributed by atoms with Gasteiger partial charge in [0.05, 0.1) is 40.3 Å². The summed E-state index contributed by atoms with van der Waals surface area (Å²) in [5.41, 5.74) is 2.46. The predicted octanol–water partition coefficient (Wildman–Crippen LogP) is 4.49. The van der Waals surface area contributed by atoms with Crippen LogP contribution in [0.15, 0.2) is 54.6 Å². The maximum atomic E-state index is 14.5. The van der Waals surface area contributed by atoms with E-state index >= 15 is 0 Å². The molecule has 2 amide bonds. The molecule has 1 aliphatic rings. The van der Waals surface area contributed by atoms with Gasteiger partial charge >= 0.3 is 5.97 Å². The zero-order chi connectivity index (χ0) is 32.8. The van der Waals surface area contributed by atoms with Crippen molar-refractivity contribution in [2.75, 3.05) is 30.3 Å². The number of halogens is 3. The highest BCUT2D eigenvalue weighted by Gasteiger charge is 2.25. The Morgan fingerprint density at radius 2 is 1.61 bits per heavy atom. The molecular weight excluding hydrogens is 640 g/mol. The molecule has 240 valence electrons. The summed E-state index contributed by atoms with van der Waals surface area (Å²) in [6.45, 7) is 0.739. The highest BCUT2D eigenvalue weighted by molar-refractivity contribution is 6.40.